The van der Waals surface area contributed by atoms with Gasteiger partial charge in [0.15, 0.2) is 0 Å². The van der Waals surface area contributed by atoms with Crippen LogP contribution < -0.4 is 11.1 Å². The normalized spacial score (nSPS) is 10.1. The second-order valence-electron chi connectivity index (χ2n) is 1.44. The first-order valence-corrected chi connectivity index (χ1v) is 2.75. The molecule has 1 amide bonds. The van der Waals surface area contributed by atoms with E-state index in [-0.39, 0.29) is 12.4 Å². The molecule has 0 aliphatic rings. The van der Waals surface area contributed by atoms with E-state index in [9.17, 15) is 4.79 Å². The summed E-state index contributed by atoms with van der Waals surface area (Å²) >= 11 is 0. The lowest BCUT2D eigenvalue weighted by atomic mass is 10.4. The maximum absolute atomic E-state index is 10.7. The molecule has 0 radical (unpaired) electrons. The Labute approximate surface area is 63.6 Å². The largest absolute Gasteiger partial charge is 0.398 e. The van der Waals surface area contributed by atoms with Gasteiger partial charge in [0, 0.05) is 0 Å². The minimum Gasteiger partial charge on any atom is -0.398 e. The fourth-order valence-corrected chi connectivity index (χ4v) is 0.380. The fraction of sp³-hybridized carbons (Fsp3) is 0.400. The van der Waals surface area contributed by atoms with E-state index in [2.05, 4.69) is 15.3 Å². The summed E-state index contributed by atoms with van der Waals surface area (Å²) in [4.78, 5) is 15.0. The van der Waals surface area contributed by atoms with Gasteiger partial charge in [-0.2, -0.15) is 5.26 Å². The third kappa shape index (κ3) is 3.17. The lowest BCUT2D eigenvalue weighted by molar-refractivity contribution is -0.114. The molecule has 11 heavy (non-hydrogen) atoms. The van der Waals surface area contributed by atoms with Crippen LogP contribution in [-0.4, -0.2) is 25.4 Å². The number of amides is 1. The van der Waals surface area contributed by atoms with Crippen LogP contribution in [0.25, 0.3) is 0 Å². The highest BCUT2D eigenvalue weighted by Gasteiger charge is 2.08. The smallest absolute Gasteiger partial charge is 0.285 e. The number of nitrogens with one attached hydrogen (secondary N) is 1. The number of carbonyl (C=O) groups is 1. The van der Waals surface area contributed by atoms with E-state index in [1.54, 1.807) is 6.07 Å². The second kappa shape index (κ2) is 5.20. The number of nitriles is 1. The summed E-state index contributed by atoms with van der Waals surface area (Å²) in [7, 11) is 1.24. The number of carbonyl (C=O) groups excluding carboxylic acids is 1. The molecular weight excluding hydrogens is 148 g/mol. The Hall–Kier alpha value is -1.61. The van der Waals surface area contributed by atoms with Crippen LogP contribution in [-0.2, 0) is 9.63 Å². The number of nitrogens with zero attached hydrogens (tertiary/aromatic N) is 2. The zero-order chi connectivity index (χ0) is 8.69. The van der Waals surface area contributed by atoms with Gasteiger partial charge in [0.2, 0.25) is 5.71 Å². The van der Waals surface area contributed by atoms with Gasteiger partial charge in [0.05, 0.1) is 6.67 Å². The molecule has 0 rings (SSSR count). The van der Waals surface area contributed by atoms with Crippen molar-refractivity contribution in [1.29, 1.82) is 5.26 Å². The summed E-state index contributed by atoms with van der Waals surface area (Å²) in [5.74, 6) is -0.642. The Morgan fingerprint density at radius 1 is 1.91 bits per heavy atom. The van der Waals surface area contributed by atoms with Crippen LogP contribution in [0.3, 0.4) is 0 Å². The van der Waals surface area contributed by atoms with E-state index in [1.807, 2.05) is 0 Å². The summed E-state index contributed by atoms with van der Waals surface area (Å²) < 4.78 is 0. The number of hydrogen-bond donors (Lipinski definition) is 2. The van der Waals surface area contributed by atoms with Crippen molar-refractivity contribution in [2.75, 3.05) is 13.8 Å². The van der Waals surface area contributed by atoms with Crippen LogP contribution >= 0.6 is 0 Å². The predicted molar refractivity (Wildman–Crippen MR) is 37.3 cm³/mol. The molecule has 0 fully saturated rings. The Bertz CT molecular complexity index is 205. The van der Waals surface area contributed by atoms with Crippen molar-refractivity contribution in [2.24, 2.45) is 10.9 Å². The van der Waals surface area contributed by atoms with Gasteiger partial charge >= 0.3 is 0 Å². The molecule has 0 aromatic rings. The van der Waals surface area contributed by atoms with Gasteiger partial charge in [-0.1, -0.05) is 5.16 Å². The third-order valence-electron chi connectivity index (χ3n) is 0.766. The molecule has 0 heterocycles. The van der Waals surface area contributed by atoms with Crippen LogP contribution in [0.15, 0.2) is 5.16 Å². The first kappa shape index (κ1) is 9.39. The summed E-state index contributed by atoms with van der Waals surface area (Å²) in [6, 6.07) is 1.54. The summed E-state index contributed by atoms with van der Waals surface area (Å²) in [6.07, 6.45) is 0. The van der Waals surface area contributed by atoms with Crippen molar-refractivity contribution in [3.63, 3.8) is 0 Å². The molecule has 0 atom stereocenters. The van der Waals surface area contributed by atoms with Crippen LogP contribution in [0.4, 0.5) is 0 Å². The average molecular weight is 156 g/mol. The molecule has 3 N–H and O–H groups in total. The van der Waals surface area contributed by atoms with Gasteiger partial charge in [0.25, 0.3) is 5.91 Å². The van der Waals surface area contributed by atoms with Crippen LogP contribution in [0.5, 0.6) is 0 Å². The Balaban J connectivity index is 4.18. The molecule has 0 aromatic carbocycles. The minimum absolute atomic E-state index is 0.0384. The van der Waals surface area contributed by atoms with Gasteiger partial charge in [-0.25, -0.2) is 0 Å². The molecule has 0 bridgehead atoms. The molecule has 60 valence electrons. The number of hydrogen-bond acceptors (Lipinski definition) is 5. The van der Waals surface area contributed by atoms with E-state index in [0.717, 1.165) is 0 Å². The van der Waals surface area contributed by atoms with E-state index in [0.29, 0.717) is 0 Å². The van der Waals surface area contributed by atoms with Crippen molar-refractivity contribution in [1.82, 2.24) is 5.32 Å². The van der Waals surface area contributed by atoms with Crippen LogP contribution in [0.1, 0.15) is 0 Å². The first-order valence-electron chi connectivity index (χ1n) is 2.75. The zero-order valence-electron chi connectivity index (χ0n) is 6.00. The molecule has 6 nitrogen and oxygen atoms in total. The quantitative estimate of drug-likeness (QED) is 0.296. The molecule has 0 aromatic heterocycles. The van der Waals surface area contributed by atoms with Crippen molar-refractivity contribution in [2.45, 2.75) is 0 Å². The lowest BCUT2D eigenvalue weighted by Gasteiger charge is -1.96. The lowest BCUT2D eigenvalue weighted by Crippen LogP contribution is -2.34. The standard InChI is InChI=1S/C5H8N4O2/c1-11-9-4(2-6)5(10)8-3-7/h3,7H2,1H3,(H,8,10). The molecule has 6 heteroatoms. The average Bonchev–Trinajstić information content (AvgIpc) is 2.00. The SMILES string of the molecule is CON=C(C#N)C(=O)NCN. The zero-order valence-corrected chi connectivity index (χ0v) is 6.00. The van der Waals surface area contributed by atoms with E-state index in [4.69, 9.17) is 11.0 Å². The molecule has 0 aliphatic carbocycles. The van der Waals surface area contributed by atoms with Gasteiger partial charge in [-0.3, -0.25) is 4.79 Å². The Kier molecular flexibility index (Phi) is 4.44. The number of rotatable bonds is 3. The molecular formula is C5H8N4O2. The van der Waals surface area contributed by atoms with E-state index >= 15 is 0 Å². The van der Waals surface area contributed by atoms with E-state index < -0.39 is 5.91 Å². The minimum atomic E-state index is -0.642. The number of nitrogens with two attached hydrogens (primary N) is 1. The summed E-state index contributed by atoms with van der Waals surface area (Å²) in [5, 5.41) is 13.6. The topological polar surface area (TPSA) is 100 Å². The van der Waals surface area contributed by atoms with Crippen molar-refractivity contribution in [3.8, 4) is 6.07 Å². The maximum atomic E-state index is 10.7. The summed E-state index contributed by atoms with van der Waals surface area (Å²) in [5.41, 5.74) is 4.63. The van der Waals surface area contributed by atoms with Crippen molar-refractivity contribution in [3.05, 3.63) is 0 Å². The molecule has 0 saturated heterocycles. The first-order chi connectivity index (χ1) is 5.26. The third-order valence-corrected chi connectivity index (χ3v) is 0.766. The van der Waals surface area contributed by atoms with Crippen LogP contribution in [0.2, 0.25) is 0 Å². The highest BCUT2D eigenvalue weighted by atomic mass is 16.6. The van der Waals surface area contributed by atoms with Gasteiger partial charge in [-0.05, 0) is 0 Å². The van der Waals surface area contributed by atoms with Crippen LogP contribution in [0, 0.1) is 11.3 Å². The highest BCUT2D eigenvalue weighted by Crippen LogP contribution is 1.77. The Morgan fingerprint density at radius 2 is 2.55 bits per heavy atom. The molecule has 0 aliphatic heterocycles. The number of oxime groups is 1. The highest BCUT2D eigenvalue weighted by molar-refractivity contribution is 6.44. The van der Waals surface area contributed by atoms with Gasteiger partial charge in [0.1, 0.15) is 13.2 Å². The van der Waals surface area contributed by atoms with Gasteiger partial charge < -0.3 is 15.9 Å². The Morgan fingerprint density at radius 3 is 2.91 bits per heavy atom. The van der Waals surface area contributed by atoms with Crippen molar-refractivity contribution < 1.29 is 9.63 Å². The van der Waals surface area contributed by atoms with Gasteiger partial charge in [-0.15, -0.1) is 0 Å². The predicted octanol–water partition coefficient (Wildman–Crippen LogP) is -1.46. The molecule has 0 saturated carbocycles. The molecule has 0 unspecified atom stereocenters. The summed E-state index contributed by atoms with van der Waals surface area (Å²) in [6.45, 7) is -0.0384. The molecule has 0 spiro atoms. The van der Waals surface area contributed by atoms with E-state index in [1.165, 1.54) is 7.11 Å². The van der Waals surface area contributed by atoms with Crippen molar-refractivity contribution >= 4 is 11.6 Å². The monoisotopic (exact) mass is 156 g/mol. The second-order valence-corrected chi connectivity index (χ2v) is 1.44. The fourth-order valence-electron chi connectivity index (χ4n) is 0.380. The maximum Gasteiger partial charge on any atom is 0.285 e.